The number of morpholine rings is 1. The molecule has 1 aliphatic rings. The van der Waals surface area contributed by atoms with Crippen molar-refractivity contribution in [3.63, 3.8) is 0 Å². The molecule has 8 nitrogen and oxygen atoms in total. The van der Waals surface area contributed by atoms with Crippen LogP contribution in [0.1, 0.15) is 32.8 Å². The summed E-state index contributed by atoms with van der Waals surface area (Å²) in [5, 5.41) is 15.8. The molecule has 4 rings (SSSR count). The van der Waals surface area contributed by atoms with E-state index >= 15 is 0 Å². The Morgan fingerprint density at radius 1 is 1.14 bits per heavy atom. The van der Waals surface area contributed by atoms with Gasteiger partial charge in [-0.25, -0.2) is 9.97 Å². The summed E-state index contributed by atoms with van der Waals surface area (Å²) in [6.45, 7) is 9.01. The van der Waals surface area contributed by atoms with Crippen LogP contribution in [-0.2, 0) is 9.53 Å². The Hall–Kier alpha value is -3.96. The van der Waals surface area contributed by atoms with Gasteiger partial charge in [-0.3, -0.25) is 4.79 Å². The van der Waals surface area contributed by atoms with E-state index in [2.05, 4.69) is 43.7 Å². The smallest absolute Gasteiger partial charge is 0.230 e. The first-order chi connectivity index (χ1) is 16.9. The molecule has 3 aromatic rings. The number of nitrogens with one attached hydrogen (secondary N) is 2. The Kier molecular flexibility index (Phi) is 7.28. The molecule has 1 aromatic heterocycles. The Labute approximate surface area is 206 Å². The highest BCUT2D eigenvalue weighted by Gasteiger charge is 2.26. The van der Waals surface area contributed by atoms with Crippen LogP contribution in [0, 0.1) is 16.7 Å². The van der Waals surface area contributed by atoms with Gasteiger partial charge < -0.3 is 20.3 Å². The number of ether oxygens (including phenoxy) is 1. The van der Waals surface area contributed by atoms with Crippen molar-refractivity contribution in [2.45, 2.75) is 27.2 Å². The number of aromatic nitrogens is 2. The van der Waals surface area contributed by atoms with E-state index in [0.717, 1.165) is 43.2 Å². The van der Waals surface area contributed by atoms with Crippen molar-refractivity contribution in [1.29, 1.82) is 5.26 Å². The van der Waals surface area contributed by atoms with Gasteiger partial charge >= 0.3 is 0 Å². The standard InChI is InChI=1S/C27H30N6O2/c1-4-27(2,3)25(34)31-23-10-5-19(17-20(23)18-28)24-11-12-29-26(32-24)30-21-6-8-22(9-7-21)33-13-15-35-16-14-33/h5-12,17H,4,13-16H2,1-3H3,(H,31,34)(H,29,30,32). The number of carbonyl (C=O) groups is 1. The summed E-state index contributed by atoms with van der Waals surface area (Å²) in [6.07, 6.45) is 2.38. The number of hydrogen-bond donors (Lipinski definition) is 2. The van der Waals surface area contributed by atoms with Crippen molar-refractivity contribution < 1.29 is 9.53 Å². The fourth-order valence-electron chi connectivity index (χ4n) is 3.64. The Morgan fingerprint density at radius 2 is 1.89 bits per heavy atom. The molecule has 1 saturated heterocycles. The number of benzene rings is 2. The molecule has 2 heterocycles. The number of nitrogens with zero attached hydrogens (tertiary/aromatic N) is 4. The largest absolute Gasteiger partial charge is 0.378 e. The van der Waals surface area contributed by atoms with Crippen LogP contribution in [0.25, 0.3) is 11.3 Å². The zero-order valence-electron chi connectivity index (χ0n) is 20.3. The van der Waals surface area contributed by atoms with Crippen LogP contribution in [0.4, 0.5) is 23.0 Å². The third-order valence-corrected chi connectivity index (χ3v) is 6.34. The van der Waals surface area contributed by atoms with Crippen molar-refractivity contribution in [3.05, 3.63) is 60.3 Å². The number of hydrogen-bond acceptors (Lipinski definition) is 7. The summed E-state index contributed by atoms with van der Waals surface area (Å²) in [4.78, 5) is 23.8. The molecule has 8 heteroatoms. The minimum absolute atomic E-state index is 0.114. The van der Waals surface area contributed by atoms with Gasteiger partial charge in [0.1, 0.15) is 6.07 Å². The molecule has 0 saturated carbocycles. The minimum Gasteiger partial charge on any atom is -0.378 e. The second-order valence-electron chi connectivity index (χ2n) is 9.10. The quantitative estimate of drug-likeness (QED) is 0.502. The van der Waals surface area contributed by atoms with E-state index in [1.54, 1.807) is 24.4 Å². The van der Waals surface area contributed by atoms with Gasteiger partial charge in [-0.15, -0.1) is 0 Å². The maximum Gasteiger partial charge on any atom is 0.230 e. The number of anilines is 4. The van der Waals surface area contributed by atoms with E-state index in [4.69, 9.17) is 4.74 Å². The lowest BCUT2D eigenvalue weighted by Gasteiger charge is -2.28. The molecule has 0 bridgehead atoms. The summed E-state index contributed by atoms with van der Waals surface area (Å²) < 4.78 is 5.42. The van der Waals surface area contributed by atoms with Crippen LogP contribution >= 0.6 is 0 Å². The highest BCUT2D eigenvalue weighted by molar-refractivity contribution is 5.96. The number of nitriles is 1. The molecule has 0 atom stereocenters. The summed E-state index contributed by atoms with van der Waals surface area (Å²) >= 11 is 0. The van der Waals surface area contributed by atoms with Gasteiger partial charge in [0.25, 0.3) is 0 Å². The van der Waals surface area contributed by atoms with Gasteiger partial charge in [0.05, 0.1) is 30.2 Å². The fourth-order valence-corrected chi connectivity index (χ4v) is 3.64. The van der Waals surface area contributed by atoms with E-state index < -0.39 is 5.41 Å². The van der Waals surface area contributed by atoms with Crippen LogP contribution < -0.4 is 15.5 Å². The first-order valence-corrected chi connectivity index (χ1v) is 11.8. The predicted octanol–water partition coefficient (Wildman–Crippen LogP) is 4.97. The molecule has 1 amide bonds. The predicted molar refractivity (Wildman–Crippen MR) is 138 cm³/mol. The maximum atomic E-state index is 12.6. The highest BCUT2D eigenvalue weighted by Crippen LogP contribution is 2.28. The molecule has 0 radical (unpaired) electrons. The lowest BCUT2D eigenvalue weighted by Crippen LogP contribution is -2.36. The van der Waals surface area contributed by atoms with Crippen LogP contribution in [0.15, 0.2) is 54.7 Å². The van der Waals surface area contributed by atoms with Crippen LogP contribution in [-0.4, -0.2) is 42.2 Å². The zero-order chi connectivity index (χ0) is 24.8. The second kappa shape index (κ2) is 10.5. The van der Waals surface area contributed by atoms with E-state index in [-0.39, 0.29) is 5.91 Å². The van der Waals surface area contributed by atoms with Crippen molar-refractivity contribution in [1.82, 2.24) is 9.97 Å². The summed E-state index contributed by atoms with van der Waals surface area (Å²) in [5.41, 5.74) is 3.85. The maximum absolute atomic E-state index is 12.6. The molecule has 0 unspecified atom stereocenters. The molecular formula is C27H30N6O2. The topological polar surface area (TPSA) is 103 Å². The lowest BCUT2D eigenvalue weighted by molar-refractivity contribution is -0.124. The normalized spacial score (nSPS) is 13.7. The van der Waals surface area contributed by atoms with Crippen molar-refractivity contribution >= 4 is 28.9 Å². The van der Waals surface area contributed by atoms with E-state index in [9.17, 15) is 10.1 Å². The molecule has 35 heavy (non-hydrogen) atoms. The average Bonchev–Trinajstić information content (AvgIpc) is 2.90. The van der Waals surface area contributed by atoms with Gasteiger partial charge in [-0.2, -0.15) is 5.26 Å². The highest BCUT2D eigenvalue weighted by atomic mass is 16.5. The SMILES string of the molecule is CCC(C)(C)C(=O)Nc1ccc(-c2ccnc(Nc3ccc(N4CCOCC4)cc3)n2)cc1C#N. The first kappa shape index (κ1) is 24.2. The zero-order valence-corrected chi connectivity index (χ0v) is 20.3. The summed E-state index contributed by atoms with van der Waals surface area (Å²) in [5.74, 6) is 0.347. The van der Waals surface area contributed by atoms with Gasteiger partial charge in [0.15, 0.2) is 0 Å². The molecule has 1 aliphatic heterocycles. The number of amides is 1. The summed E-state index contributed by atoms with van der Waals surface area (Å²) in [7, 11) is 0. The number of carbonyl (C=O) groups excluding carboxylic acids is 1. The third kappa shape index (κ3) is 5.76. The van der Waals surface area contributed by atoms with E-state index in [0.29, 0.717) is 29.3 Å². The third-order valence-electron chi connectivity index (χ3n) is 6.34. The Morgan fingerprint density at radius 3 is 2.57 bits per heavy atom. The molecule has 1 fully saturated rings. The molecule has 0 aliphatic carbocycles. The molecule has 180 valence electrons. The molecule has 2 aromatic carbocycles. The van der Waals surface area contributed by atoms with Crippen LogP contribution in [0.3, 0.4) is 0 Å². The van der Waals surface area contributed by atoms with Gasteiger partial charge in [0, 0.05) is 41.6 Å². The van der Waals surface area contributed by atoms with Crippen molar-refractivity contribution in [3.8, 4) is 17.3 Å². The molecule has 0 spiro atoms. The Balaban J connectivity index is 1.49. The Bertz CT molecular complexity index is 1230. The summed E-state index contributed by atoms with van der Waals surface area (Å²) in [6, 6.07) is 17.5. The van der Waals surface area contributed by atoms with Crippen LogP contribution in [0.2, 0.25) is 0 Å². The van der Waals surface area contributed by atoms with E-state index in [1.165, 1.54) is 0 Å². The second-order valence-corrected chi connectivity index (χ2v) is 9.10. The molecule has 2 N–H and O–H groups in total. The number of rotatable bonds is 7. The van der Waals surface area contributed by atoms with Crippen LogP contribution in [0.5, 0.6) is 0 Å². The van der Waals surface area contributed by atoms with Crippen molar-refractivity contribution in [2.75, 3.05) is 41.8 Å². The lowest BCUT2D eigenvalue weighted by atomic mass is 9.89. The first-order valence-electron chi connectivity index (χ1n) is 11.8. The van der Waals surface area contributed by atoms with Crippen molar-refractivity contribution in [2.24, 2.45) is 5.41 Å². The fraction of sp³-hybridized carbons (Fsp3) is 0.333. The average molecular weight is 471 g/mol. The van der Waals surface area contributed by atoms with E-state index in [1.807, 2.05) is 39.0 Å². The van der Waals surface area contributed by atoms with Gasteiger partial charge in [0.2, 0.25) is 11.9 Å². The monoisotopic (exact) mass is 470 g/mol. The van der Waals surface area contributed by atoms with Gasteiger partial charge in [-0.05, 0) is 48.9 Å². The molecular weight excluding hydrogens is 440 g/mol. The minimum atomic E-state index is -0.515. The van der Waals surface area contributed by atoms with Gasteiger partial charge in [-0.1, -0.05) is 26.8 Å².